The third-order valence-electron chi connectivity index (χ3n) is 4.80. The molecule has 2 heterocycles. The summed E-state index contributed by atoms with van der Waals surface area (Å²) >= 11 is -3.20. The Bertz CT molecular complexity index is 710. The third kappa shape index (κ3) is 3.39. The molecule has 5 nitrogen and oxygen atoms in total. The van der Waals surface area contributed by atoms with E-state index in [2.05, 4.69) is 0 Å². The van der Waals surface area contributed by atoms with E-state index in [9.17, 15) is 27.6 Å². The number of ether oxygens (including phenoxy) is 1. The van der Waals surface area contributed by atoms with E-state index in [0.29, 0.717) is 13.0 Å². The molecule has 0 aromatic heterocycles. The van der Waals surface area contributed by atoms with E-state index in [-0.39, 0.29) is 17.2 Å². The quantitative estimate of drug-likeness (QED) is 0.787. The molecule has 1 saturated heterocycles. The Morgan fingerprint density at radius 1 is 1.35 bits per heavy atom. The molecule has 1 aromatic rings. The van der Waals surface area contributed by atoms with Crippen molar-refractivity contribution in [2.45, 2.75) is 61.3 Å². The first-order chi connectivity index (χ1) is 12.0. The Morgan fingerprint density at radius 3 is 2.65 bits per heavy atom. The lowest BCUT2D eigenvalue weighted by Crippen LogP contribution is -2.55. The Hall–Kier alpha value is -1.45. The summed E-state index contributed by atoms with van der Waals surface area (Å²) in [6.07, 6.45) is 0.684. The van der Waals surface area contributed by atoms with Gasteiger partial charge in [-0.3, -0.25) is 4.79 Å². The number of carbonyl (C=O) groups excluding carboxylic acids is 1. The molecule has 0 bridgehead atoms. The fourth-order valence-corrected chi connectivity index (χ4v) is 4.15. The van der Waals surface area contributed by atoms with Crippen molar-refractivity contribution in [1.29, 1.82) is 0 Å². The fraction of sp³-hybridized carbons (Fsp3) is 0.588. The van der Waals surface area contributed by atoms with E-state index in [1.807, 2.05) is 0 Å². The maximum absolute atomic E-state index is 12.8. The van der Waals surface area contributed by atoms with Gasteiger partial charge in [0.2, 0.25) is 5.91 Å². The van der Waals surface area contributed by atoms with Crippen molar-refractivity contribution in [3.8, 4) is 5.75 Å². The van der Waals surface area contributed by atoms with Crippen molar-refractivity contribution < 1.29 is 32.4 Å². The molecule has 1 aromatic carbocycles. The average Bonchev–Trinajstić information content (AvgIpc) is 2.55. The molecule has 144 valence electrons. The SMILES string of the molecule is CC1(C)Oc2ccc([S+]([O-])C(F)(F)F)cc2[C@H](N2CCCCC2=O)[C@H]1O. The number of benzene rings is 1. The lowest BCUT2D eigenvalue weighted by Gasteiger charge is -2.47. The Kier molecular flexibility index (Phi) is 4.91. The van der Waals surface area contributed by atoms with E-state index in [1.165, 1.54) is 11.0 Å². The minimum Gasteiger partial charge on any atom is -0.604 e. The summed E-state index contributed by atoms with van der Waals surface area (Å²) in [5.41, 5.74) is -5.67. The van der Waals surface area contributed by atoms with Crippen LogP contribution in [0.3, 0.4) is 0 Å². The maximum Gasteiger partial charge on any atom is 0.578 e. The fourth-order valence-electron chi connectivity index (χ4n) is 3.45. The topological polar surface area (TPSA) is 72.8 Å². The van der Waals surface area contributed by atoms with Gasteiger partial charge in [0.15, 0.2) is 4.90 Å². The molecule has 9 heteroatoms. The van der Waals surface area contributed by atoms with Crippen LogP contribution in [0.1, 0.15) is 44.7 Å². The molecule has 1 unspecified atom stereocenters. The lowest BCUT2D eigenvalue weighted by molar-refractivity contribution is -0.147. The highest BCUT2D eigenvalue weighted by molar-refractivity contribution is 7.92. The van der Waals surface area contributed by atoms with E-state index in [0.717, 1.165) is 25.0 Å². The van der Waals surface area contributed by atoms with Crippen LogP contribution in [0.25, 0.3) is 0 Å². The first kappa shape index (κ1) is 19.3. The van der Waals surface area contributed by atoms with Gasteiger partial charge in [0.1, 0.15) is 17.5 Å². The Labute approximate surface area is 152 Å². The number of alkyl halides is 3. The van der Waals surface area contributed by atoms with Crippen LogP contribution in [-0.2, 0) is 16.0 Å². The van der Waals surface area contributed by atoms with Gasteiger partial charge in [0.25, 0.3) is 0 Å². The number of aliphatic hydroxyl groups is 1. The van der Waals surface area contributed by atoms with Crippen molar-refractivity contribution >= 4 is 17.1 Å². The summed E-state index contributed by atoms with van der Waals surface area (Å²) in [7, 11) is 0. The first-order valence-corrected chi connectivity index (χ1v) is 9.46. The van der Waals surface area contributed by atoms with Crippen molar-refractivity contribution in [2.24, 2.45) is 0 Å². The number of likely N-dealkylation sites (tertiary alicyclic amines) is 1. The van der Waals surface area contributed by atoms with Crippen molar-refractivity contribution in [2.75, 3.05) is 6.54 Å². The van der Waals surface area contributed by atoms with Crippen LogP contribution in [0.5, 0.6) is 5.75 Å². The van der Waals surface area contributed by atoms with Crippen LogP contribution < -0.4 is 4.74 Å². The second-order valence-electron chi connectivity index (χ2n) is 7.05. The van der Waals surface area contributed by atoms with Gasteiger partial charge < -0.3 is 19.3 Å². The number of hydrogen-bond acceptors (Lipinski definition) is 4. The molecular formula is C17H20F3NO4S. The zero-order chi connectivity index (χ0) is 19.3. The number of halogens is 3. The van der Waals surface area contributed by atoms with Crippen LogP contribution in [0.15, 0.2) is 23.1 Å². The minimum atomic E-state index is -4.89. The minimum absolute atomic E-state index is 0.161. The standard InChI is InChI=1S/C17H20F3NO4S/c1-16(2)15(23)14(21-8-4-3-5-13(21)22)11-9-10(6-7-12(11)25-16)26(24)17(18,19)20/h6-7,9,14-15,23H,3-5,8H2,1-2H3/t14-,15+,26?/m0/s1. The summed E-state index contributed by atoms with van der Waals surface area (Å²) < 4.78 is 56.0. The summed E-state index contributed by atoms with van der Waals surface area (Å²) in [6.45, 7) is 3.72. The molecule has 2 aliphatic rings. The monoisotopic (exact) mass is 391 g/mol. The normalized spacial score (nSPS) is 26.9. The van der Waals surface area contributed by atoms with E-state index in [4.69, 9.17) is 4.74 Å². The van der Waals surface area contributed by atoms with Gasteiger partial charge in [-0.05, 0) is 38.8 Å². The second-order valence-corrected chi connectivity index (χ2v) is 8.53. The average molecular weight is 391 g/mol. The molecule has 1 fully saturated rings. The summed E-state index contributed by atoms with van der Waals surface area (Å²) in [5, 5.41) is 10.8. The van der Waals surface area contributed by atoms with E-state index in [1.54, 1.807) is 13.8 Å². The number of amides is 1. The molecule has 1 N–H and O–H groups in total. The van der Waals surface area contributed by atoms with Crippen LogP contribution >= 0.6 is 0 Å². The van der Waals surface area contributed by atoms with E-state index >= 15 is 0 Å². The second kappa shape index (κ2) is 6.61. The van der Waals surface area contributed by atoms with Crippen molar-refractivity contribution in [3.63, 3.8) is 0 Å². The zero-order valence-electron chi connectivity index (χ0n) is 14.4. The van der Waals surface area contributed by atoms with Crippen LogP contribution in [0, 0.1) is 0 Å². The molecule has 0 radical (unpaired) electrons. The van der Waals surface area contributed by atoms with Crippen molar-refractivity contribution in [3.05, 3.63) is 23.8 Å². The van der Waals surface area contributed by atoms with E-state index < -0.39 is 39.3 Å². The molecule has 0 aliphatic carbocycles. The number of aliphatic hydroxyl groups excluding tert-OH is 1. The largest absolute Gasteiger partial charge is 0.604 e. The smallest absolute Gasteiger partial charge is 0.578 e. The molecule has 2 aliphatic heterocycles. The summed E-state index contributed by atoms with van der Waals surface area (Å²) in [6, 6.07) is 2.71. The maximum atomic E-state index is 12.8. The molecule has 0 saturated carbocycles. The number of nitrogens with zero attached hydrogens (tertiary/aromatic N) is 1. The molecule has 26 heavy (non-hydrogen) atoms. The molecule has 3 atom stereocenters. The predicted molar refractivity (Wildman–Crippen MR) is 87.9 cm³/mol. The predicted octanol–water partition coefficient (Wildman–Crippen LogP) is 2.90. The lowest BCUT2D eigenvalue weighted by atomic mass is 9.84. The van der Waals surface area contributed by atoms with Crippen LogP contribution in [-0.4, -0.2) is 44.2 Å². The molecule has 1 amide bonds. The van der Waals surface area contributed by atoms with Gasteiger partial charge >= 0.3 is 5.51 Å². The number of fused-ring (bicyclic) bond motifs is 1. The number of carbonyl (C=O) groups is 1. The van der Waals surface area contributed by atoms with Crippen molar-refractivity contribution in [1.82, 2.24) is 4.90 Å². The van der Waals surface area contributed by atoms with Gasteiger partial charge in [-0.1, -0.05) is 0 Å². The molecular weight excluding hydrogens is 371 g/mol. The zero-order valence-corrected chi connectivity index (χ0v) is 15.2. The third-order valence-corrected chi connectivity index (χ3v) is 5.91. The van der Waals surface area contributed by atoms with Gasteiger partial charge in [0.05, 0.1) is 17.2 Å². The number of hydrogen-bond donors (Lipinski definition) is 1. The van der Waals surface area contributed by atoms with Crippen LogP contribution in [0.2, 0.25) is 0 Å². The molecule has 0 spiro atoms. The van der Waals surface area contributed by atoms with Crippen LogP contribution in [0.4, 0.5) is 13.2 Å². The van der Waals surface area contributed by atoms with Gasteiger partial charge in [-0.15, -0.1) is 13.2 Å². The Balaban J connectivity index is 2.08. The van der Waals surface area contributed by atoms with Gasteiger partial charge in [-0.25, -0.2) is 0 Å². The first-order valence-electron chi connectivity index (χ1n) is 8.31. The highest BCUT2D eigenvalue weighted by atomic mass is 32.2. The van der Waals surface area contributed by atoms with Gasteiger partial charge in [-0.2, -0.15) is 0 Å². The number of piperidine rings is 1. The number of rotatable bonds is 2. The molecule has 3 rings (SSSR count). The van der Waals surface area contributed by atoms with Gasteiger partial charge in [0, 0.05) is 24.6 Å². The highest BCUT2D eigenvalue weighted by Gasteiger charge is 2.50. The summed E-state index contributed by atoms with van der Waals surface area (Å²) in [4.78, 5) is 13.4. The Morgan fingerprint density at radius 2 is 2.04 bits per heavy atom. The summed E-state index contributed by atoms with van der Waals surface area (Å²) in [5.74, 6) is 0.123. The highest BCUT2D eigenvalue weighted by Crippen LogP contribution is 2.45.